The van der Waals surface area contributed by atoms with Crippen molar-refractivity contribution in [3.8, 4) is 0 Å². The molecule has 1 rings (SSSR count). The van der Waals surface area contributed by atoms with Crippen LogP contribution in [0.15, 0.2) is 18.2 Å². The zero-order valence-electron chi connectivity index (χ0n) is 7.93. The van der Waals surface area contributed by atoms with Gasteiger partial charge in [-0.1, -0.05) is 32.0 Å². The Balaban J connectivity index is 3.27. The Kier molecular flexibility index (Phi) is 3.90. The second-order valence-electron chi connectivity index (χ2n) is 2.92. The van der Waals surface area contributed by atoms with Gasteiger partial charge in [0.05, 0.1) is 0 Å². The molecule has 0 radical (unpaired) electrons. The molecule has 0 N–H and O–H groups in total. The van der Waals surface area contributed by atoms with Crippen molar-refractivity contribution in [3.63, 3.8) is 0 Å². The molecule has 0 atom stereocenters. The van der Waals surface area contributed by atoms with Crippen LogP contribution in [-0.4, -0.2) is 3.79 Å². The number of carbonyl (C=O) groups is 1. The van der Waals surface area contributed by atoms with Crippen LogP contribution in [0.2, 0.25) is 0 Å². The number of hydrogen-bond acceptors (Lipinski definition) is 1. The van der Waals surface area contributed by atoms with Crippen LogP contribution in [0.1, 0.15) is 35.3 Å². The first-order valence-electron chi connectivity index (χ1n) is 4.51. The molecule has 0 aliphatic heterocycles. The molecule has 0 heterocycles. The Hall–Kier alpha value is -0.380. The van der Waals surface area contributed by atoms with E-state index in [0.717, 1.165) is 18.4 Å². The van der Waals surface area contributed by atoms with Gasteiger partial charge < -0.3 is 0 Å². The molecule has 1 aromatic carbocycles. The van der Waals surface area contributed by atoms with Gasteiger partial charge >= 0.3 is 0 Å². The van der Waals surface area contributed by atoms with Crippen LogP contribution in [0.5, 0.6) is 0 Å². The minimum Gasteiger partial charge on any atom is -0.282 e. The maximum Gasteiger partial charge on any atom is 0.222 e. The molecule has 0 fully saturated rings. The van der Waals surface area contributed by atoms with E-state index in [1.54, 1.807) is 0 Å². The number of benzene rings is 1. The van der Waals surface area contributed by atoms with Crippen molar-refractivity contribution in [1.82, 2.24) is 0 Å². The smallest absolute Gasteiger partial charge is 0.222 e. The minimum absolute atomic E-state index is 0.143. The summed E-state index contributed by atoms with van der Waals surface area (Å²) in [5.41, 5.74) is 3.39. The Morgan fingerprint density at radius 3 is 2.46 bits per heavy atom. The molecule has 0 aliphatic carbocycles. The average Bonchev–Trinajstić information content (AvgIpc) is 2.16. The van der Waals surface area contributed by atoms with Crippen LogP contribution in [0.25, 0.3) is 0 Å². The fourth-order valence-electron chi connectivity index (χ4n) is 1.57. The third-order valence-corrected chi connectivity index (χ3v) is 2.80. The van der Waals surface area contributed by atoms with Crippen molar-refractivity contribution in [2.75, 3.05) is 0 Å². The Morgan fingerprint density at radius 1 is 1.31 bits per heavy atom. The predicted octanol–water partition coefficient (Wildman–Crippen LogP) is 3.39. The van der Waals surface area contributed by atoms with Gasteiger partial charge in [0.2, 0.25) is 3.79 Å². The molecular weight excluding hydrogens is 275 g/mol. The third-order valence-electron chi connectivity index (χ3n) is 2.22. The van der Waals surface area contributed by atoms with Crippen LogP contribution in [-0.2, 0) is 12.8 Å². The fourth-order valence-corrected chi connectivity index (χ4v) is 2.07. The normalized spacial score (nSPS) is 10.1. The van der Waals surface area contributed by atoms with Crippen molar-refractivity contribution in [3.05, 3.63) is 34.9 Å². The Labute approximate surface area is 92.7 Å². The summed E-state index contributed by atoms with van der Waals surface area (Å²) in [6, 6.07) is 5.97. The molecule has 0 unspecified atom stereocenters. The van der Waals surface area contributed by atoms with Gasteiger partial charge in [-0.25, -0.2) is 0 Å². The van der Waals surface area contributed by atoms with Crippen LogP contribution in [0.4, 0.5) is 0 Å². The second-order valence-corrected chi connectivity index (χ2v) is 3.90. The van der Waals surface area contributed by atoms with E-state index in [2.05, 4.69) is 19.9 Å². The molecule has 13 heavy (non-hydrogen) atoms. The van der Waals surface area contributed by atoms with E-state index in [-0.39, 0.29) is 3.79 Å². The lowest BCUT2D eigenvalue weighted by Crippen LogP contribution is -2.00. The summed E-state index contributed by atoms with van der Waals surface area (Å²) in [5, 5.41) is 0. The lowest BCUT2D eigenvalue weighted by Gasteiger charge is -2.08. The number of rotatable bonds is 3. The van der Waals surface area contributed by atoms with Crippen LogP contribution in [0.3, 0.4) is 0 Å². The summed E-state index contributed by atoms with van der Waals surface area (Å²) >= 11 is 1.85. The summed E-state index contributed by atoms with van der Waals surface area (Å²) in [5.74, 6) is 0. The highest BCUT2D eigenvalue weighted by atomic mass is 127. The molecule has 1 nitrogen and oxygen atoms in total. The summed E-state index contributed by atoms with van der Waals surface area (Å²) in [6.45, 7) is 4.22. The first-order valence-corrected chi connectivity index (χ1v) is 5.59. The lowest BCUT2D eigenvalue weighted by atomic mass is 9.98. The molecule has 0 saturated heterocycles. The number of hydrogen-bond donors (Lipinski definition) is 0. The maximum atomic E-state index is 11.3. The van der Waals surface area contributed by atoms with Gasteiger partial charge in [-0.05, 0) is 24.0 Å². The van der Waals surface area contributed by atoms with Gasteiger partial charge in [-0.15, -0.1) is 0 Å². The van der Waals surface area contributed by atoms with Gasteiger partial charge in [-0.2, -0.15) is 0 Å². The predicted molar refractivity (Wildman–Crippen MR) is 63.5 cm³/mol. The van der Waals surface area contributed by atoms with Crippen LogP contribution >= 0.6 is 22.6 Å². The monoisotopic (exact) mass is 288 g/mol. The highest BCUT2D eigenvalue weighted by Crippen LogP contribution is 2.18. The number of carbonyl (C=O) groups excluding carboxylic acids is 1. The molecule has 70 valence electrons. The SMILES string of the molecule is CCc1cccc(C(=O)I)c1CC. The fraction of sp³-hybridized carbons (Fsp3) is 0.364. The van der Waals surface area contributed by atoms with E-state index in [1.807, 2.05) is 34.7 Å². The topological polar surface area (TPSA) is 17.1 Å². The summed E-state index contributed by atoms with van der Waals surface area (Å²) < 4.78 is 0.143. The van der Waals surface area contributed by atoms with Crippen molar-refractivity contribution >= 4 is 26.4 Å². The molecular formula is C11H13IO. The standard InChI is InChI=1S/C11H13IO/c1-3-8-6-5-7-10(11(12)13)9(8)4-2/h5-7H,3-4H2,1-2H3. The molecule has 0 spiro atoms. The summed E-state index contributed by atoms with van der Waals surface area (Å²) in [6.07, 6.45) is 1.94. The minimum atomic E-state index is 0.143. The maximum absolute atomic E-state index is 11.3. The second kappa shape index (κ2) is 4.74. The molecule has 0 aromatic heterocycles. The Bertz CT molecular complexity index is 318. The molecule has 0 saturated carbocycles. The van der Waals surface area contributed by atoms with Crippen LogP contribution < -0.4 is 0 Å². The lowest BCUT2D eigenvalue weighted by molar-refractivity contribution is 0.110. The van der Waals surface area contributed by atoms with Gasteiger partial charge in [-0.3, -0.25) is 4.79 Å². The number of aryl methyl sites for hydroxylation is 1. The van der Waals surface area contributed by atoms with Gasteiger partial charge in [0.1, 0.15) is 0 Å². The molecule has 2 heteroatoms. The van der Waals surface area contributed by atoms with Crippen LogP contribution in [0, 0.1) is 0 Å². The highest BCUT2D eigenvalue weighted by Gasteiger charge is 2.09. The summed E-state index contributed by atoms with van der Waals surface area (Å²) in [7, 11) is 0. The van der Waals surface area contributed by atoms with E-state index in [0.29, 0.717) is 0 Å². The van der Waals surface area contributed by atoms with Gasteiger partial charge in [0.25, 0.3) is 0 Å². The van der Waals surface area contributed by atoms with Crippen molar-refractivity contribution in [2.45, 2.75) is 26.7 Å². The summed E-state index contributed by atoms with van der Waals surface area (Å²) in [4.78, 5) is 11.3. The van der Waals surface area contributed by atoms with Crippen molar-refractivity contribution < 1.29 is 4.79 Å². The van der Waals surface area contributed by atoms with E-state index in [4.69, 9.17) is 0 Å². The quantitative estimate of drug-likeness (QED) is 0.615. The molecule has 0 aliphatic rings. The van der Waals surface area contributed by atoms with E-state index in [9.17, 15) is 4.79 Å². The van der Waals surface area contributed by atoms with Gasteiger partial charge in [0, 0.05) is 28.2 Å². The largest absolute Gasteiger partial charge is 0.282 e. The first kappa shape index (κ1) is 10.7. The zero-order valence-corrected chi connectivity index (χ0v) is 10.1. The van der Waals surface area contributed by atoms with E-state index < -0.39 is 0 Å². The van der Waals surface area contributed by atoms with Gasteiger partial charge in [0.15, 0.2) is 0 Å². The first-order chi connectivity index (χ1) is 6.20. The molecule has 0 amide bonds. The average molecular weight is 288 g/mol. The van der Waals surface area contributed by atoms with Crippen molar-refractivity contribution in [1.29, 1.82) is 0 Å². The highest BCUT2D eigenvalue weighted by molar-refractivity contribution is 14.1. The Morgan fingerprint density at radius 2 is 2.00 bits per heavy atom. The molecule has 1 aromatic rings. The molecule has 0 bridgehead atoms. The third kappa shape index (κ3) is 2.30. The van der Waals surface area contributed by atoms with E-state index >= 15 is 0 Å². The van der Waals surface area contributed by atoms with E-state index in [1.165, 1.54) is 11.1 Å². The van der Waals surface area contributed by atoms with Crippen molar-refractivity contribution in [2.24, 2.45) is 0 Å². The zero-order chi connectivity index (χ0) is 9.84. The number of halogens is 1.